The van der Waals surface area contributed by atoms with E-state index in [-0.39, 0.29) is 5.82 Å². The molecule has 1 fully saturated rings. The highest BCUT2D eigenvalue weighted by atomic mass is 19.1. The van der Waals surface area contributed by atoms with Crippen molar-refractivity contribution in [1.29, 1.82) is 0 Å². The Labute approximate surface area is 125 Å². The third-order valence-electron chi connectivity index (χ3n) is 4.74. The minimum Gasteiger partial charge on any atom is -0.330 e. The Morgan fingerprint density at radius 3 is 2.62 bits per heavy atom. The standard InChI is InChI=1S/C17H24FN3/c1-11(2)21-16-9-14(18)7-8-15(16)20-17(21)13-5-3-12(10-19)4-6-13/h7-9,11-13H,3-6,10,19H2,1-2H3. The quantitative estimate of drug-likeness (QED) is 0.928. The second-order valence-corrected chi connectivity index (χ2v) is 6.52. The van der Waals surface area contributed by atoms with Crippen LogP contribution in [0.4, 0.5) is 4.39 Å². The molecule has 0 atom stereocenters. The van der Waals surface area contributed by atoms with Gasteiger partial charge in [-0.25, -0.2) is 9.37 Å². The lowest BCUT2D eigenvalue weighted by atomic mass is 9.81. The Morgan fingerprint density at radius 1 is 1.29 bits per heavy atom. The average molecular weight is 289 g/mol. The molecule has 1 heterocycles. The molecule has 0 aliphatic heterocycles. The maximum atomic E-state index is 13.6. The molecule has 0 radical (unpaired) electrons. The first-order valence-corrected chi connectivity index (χ1v) is 7.97. The summed E-state index contributed by atoms with van der Waals surface area (Å²) < 4.78 is 15.8. The van der Waals surface area contributed by atoms with Crippen molar-refractivity contribution in [1.82, 2.24) is 9.55 Å². The van der Waals surface area contributed by atoms with Crippen LogP contribution in [0.3, 0.4) is 0 Å². The summed E-state index contributed by atoms with van der Waals surface area (Å²) in [4.78, 5) is 4.81. The highest BCUT2D eigenvalue weighted by Crippen LogP contribution is 2.37. The molecule has 114 valence electrons. The van der Waals surface area contributed by atoms with Gasteiger partial charge in [0.15, 0.2) is 0 Å². The lowest BCUT2D eigenvalue weighted by molar-refractivity contribution is 0.318. The fourth-order valence-electron chi connectivity index (χ4n) is 3.57. The highest BCUT2D eigenvalue weighted by molar-refractivity contribution is 5.76. The number of nitrogens with zero attached hydrogens (tertiary/aromatic N) is 2. The molecule has 0 bridgehead atoms. The molecule has 1 saturated carbocycles. The van der Waals surface area contributed by atoms with Gasteiger partial charge in [-0.1, -0.05) is 0 Å². The third kappa shape index (κ3) is 2.69. The molecule has 4 heteroatoms. The Morgan fingerprint density at radius 2 is 2.00 bits per heavy atom. The van der Waals surface area contributed by atoms with Gasteiger partial charge < -0.3 is 10.3 Å². The molecule has 0 spiro atoms. The van der Waals surface area contributed by atoms with Crippen molar-refractivity contribution in [2.75, 3.05) is 6.54 Å². The van der Waals surface area contributed by atoms with Gasteiger partial charge in [-0.05, 0) is 70.2 Å². The molecule has 21 heavy (non-hydrogen) atoms. The summed E-state index contributed by atoms with van der Waals surface area (Å²) in [5.74, 6) is 2.07. The summed E-state index contributed by atoms with van der Waals surface area (Å²) in [6.45, 7) is 5.07. The summed E-state index contributed by atoms with van der Waals surface area (Å²) in [6.07, 6.45) is 4.63. The normalized spacial score (nSPS) is 23.1. The third-order valence-corrected chi connectivity index (χ3v) is 4.74. The summed E-state index contributed by atoms with van der Waals surface area (Å²) >= 11 is 0. The summed E-state index contributed by atoms with van der Waals surface area (Å²) in [5.41, 5.74) is 7.60. The summed E-state index contributed by atoms with van der Waals surface area (Å²) in [6, 6.07) is 5.18. The Bertz CT molecular complexity index is 624. The van der Waals surface area contributed by atoms with Crippen molar-refractivity contribution in [3.63, 3.8) is 0 Å². The van der Waals surface area contributed by atoms with E-state index in [0.717, 1.165) is 36.2 Å². The van der Waals surface area contributed by atoms with E-state index in [2.05, 4.69) is 18.4 Å². The lowest BCUT2D eigenvalue weighted by Gasteiger charge is -2.28. The molecule has 3 rings (SSSR count). The van der Waals surface area contributed by atoms with Gasteiger partial charge in [0.2, 0.25) is 0 Å². The first-order chi connectivity index (χ1) is 10.1. The van der Waals surface area contributed by atoms with Crippen LogP contribution in [-0.4, -0.2) is 16.1 Å². The number of fused-ring (bicyclic) bond motifs is 1. The molecule has 0 amide bonds. The fraction of sp³-hybridized carbons (Fsp3) is 0.588. The topological polar surface area (TPSA) is 43.8 Å². The van der Waals surface area contributed by atoms with Crippen LogP contribution in [0.2, 0.25) is 0 Å². The zero-order chi connectivity index (χ0) is 15.0. The van der Waals surface area contributed by atoms with E-state index in [1.165, 1.54) is 18.9 Å². The summed E-state index contributed by atoms with van der Waals surface area (Å²) in [7, 11) is 0. The van der Waals surface area contributed by atoms with Gasteiger partial charge in [-0.3, -0.25) is 0 Å². The Hall–Kier alpha value is -1.42. The number of hydrogen-bond donors (Lipinski definition) is 1. The fourth-order valence-corrected chi connectivity index (χ4v) is 3.57. The van der Waals surface area contributed by atoms with Gasteiger partial charge in [0, 0.05) is 12.0 Å². The minimum absolute atomic E-state index is 0.192. The predicted molar refractivity (Wildman–Crippen MR) is 83.8 cm³/mol. The van der Waals surface area contributed by atoms with Crippen LogP contribution in [-0.2, 0) is 0 Å². The van der Waals surface area contributed by atoms with Crippen molar-refractivity contribution in [2.45, 2.75) is 51.5 Å². The number of aromatic nitrogens is 2. The van der Waals surface area contributed by atoms with Crippen LogP contribution in [0.15, 0.2) is 18.2 Å². The van der Waals surface area contributed by atoms with E-state index in [4.69, 9.17) is 10.7 Å². The maximum Gasteiger partial charge on any atom is 0.125 e. The van der Waals surface area contributed by atoms with Crippen LogP contribution in [0.25, 0.3) is 11.0 Å². The van der Waals surface area contributed by atoms with E-state index in [0.29, 0.717) is 17.9 Å². The van der Waals surface area contributed by atoms with Gasteiger partial charge in [0.1, 0.15) is 11.6 Å². The molecule has 1 aliphatic rings. The van der Waals surface area contributed by atoms with Gasteiger partial charge in [-0.2, -0.15) is 0 Å². The molecule has 1 aliphatic carbocycles. The van der Waals surface area contributed by atoms with E-state index < -0.39 is 0 Å². The van der Waals surface area contributed by atoms with Crippen molar-refractivity contribution < 1.29 is 4.39 Å². The molecule has 2 N–H and O–H groups in total. The molecule has 0 saturated heterocycles. The van der Waals surface area contributed by atoms with E-state index in [1.807, 2.05) is 0 Å². The van der Waals surface area contributed by atoms with Crippen LogP contribution in [0.1, 0.15) is 57.3 Å². The first kappa shape index (κ1) is 14.5. The lowest BCUT2D eigenvalue weighted by Crippen LogP contribution is -2.22. The Kier molecular flexibility index (Phi) is 3.98. The van der Waals surface area contributed by atoms with Crippen LogP contribution >= 0.6 is 0 Å². The van der Waals surface area contributed by atoms with Gasteiger partial charge in [0.25, 0.3) is 0 Å². The van der Waals surface area contributed by atoms with Gasteiger partial charge in [0.05, 0.1) is 11.0 Å². The van der Waals surface area contributed by atoms with E-state index in [9.17, 15) is 4.39 Å². The molecule has 2 aromatic rings. The maximum absolute atomic E-state index is 13.6. The number of hydrogen-bond acceptors (Lipinski definition) is 2. The molecule has 0 unspecified atom stereocenters. The zero-order valence-corrected chi connectivity index (χ0v) is 12.8. The van der Waals surface area contributed by atoms with Gasteiger partial charge >= 0.3 is 0 Å². The second-order valence-electron chi connectivity index (χ2n) is 6.52. The average Bonchev–Trinajstić information content (AvgIpc) is 2.86. The van der Waals surface area contributed by atoms with E-state index >= 15 is 0 Å². The number of imidazole rings is 1. The second kappa shape index (κ2) is 5.76. The monoisotopic (exact) mass is 289 g/mol. The number of benzene rings is 1. The number of halogens is 1. The van der Waals surface area contributed by atoms with Crippen molar-refractivity contribution in [3.05, 3.63) is 29.8 Å². The molecular weight excluding hydrogens is 265 g/mol. The smallest absolute Gasteiger partial charge is 0.125 e. The molecule has 1 aromatic heterocycles. The largest absolute Gasteiger partial charge is 0.330 e. The molecule has 1 aromatic carbocycles. The Balaban J connectivity index is 2.00. The molecule has 3 nitrogen and oxygen atoms in total. The van der Waals surface area contributed by atoms with Crippen molar-refractivity contribution in [2.24, 2.45) is 11.7 Å². The van der Waals surface area contributed by atoms with Crippen molar-refractivity contribution >= 4 is 11.0 Å². The number of nitrogens with two attached hydrogens (primary N) is 1. The minimum atomic E-state index is -0.192. The van der Waals surface area contributed by atoms with Crippen LogP contribution in [0.5, 0.6) is 0 Å². The first-order valence-electron chi connectivity index (χ1n) is 7.97. The SMILES string of the molecule is CC(C)n1c(C2CCC(CN)CC2)nc2ccc(F)cc21. The zero-order valence-electron chi connectivity index (χ0n) is 12.8. The van der Waals surface area contributed by atoms with Crippen LogP contribution < -0.4 is 5.73 Å². The van der Waals surface area contributed by atoms with E-state index in [1.54, 1.807) is 12.1 Å². The van der Waals surface area contributed by atoms with Gasteiger partial charge in [-0.15, -0.1) is 0 Å². The highest BCUT2D eigenvalue weighted by Gasteiger charge is 2.26. The molecular formula is C17H24FN3. The number of rotatable bonds is 3. The van der Waals surface area contributed by atoms with Crippen LogP contribution in [0, 0.1) is 11.7 Å². The summed E-state index contributed by atoms with van der Waals surface area (Å²) in [5, 5.41) is 0. The predicted octanol–water partition coefficient (Wildman–Crippen LogP) is 3.99. The van der Waals surface area contributed by atoms with Crippen molar-refractivity contribution in [3.8, 4) is 0 Å².